The number of rotatable bonds is 4. The van der Waals surface area contributed by atoms with Crippen molar-refractivity contribution in [2.75, 3.05) is 23.9 Å². The number of hydrogen-bond donors (Lipinski definition) is 2. The summed E-state index contributed by atoms with van der Waals surface area (Å²) in [6.45, 7) is 0.971. The van der Waals surface area contributed by atoms with Crippen LogP contribution in [0, 0.1) is 0 Å². The largest absolute Gasteiger partial charge is 0.396 e. The van der Waals surface area contributed by atoms with Crippen molar-refractivity contribution in [1.29, 1.82) is 0 Å². The minimum absolute atomic E-state index is 0.439. The predicted octanol–water partition coefficient (Wildman–Crippen LogP) is 3.23. The molecule has 1 aliphatic carbocycles. The van der Waals surface area contributed by atoms with Gasteiger partial charge in [-0.3, -0.25) is 0 Å². The van der Waals surface area contributed by atoms with Gasteiger partial charge in [-0.25, -0.2) is 0 Å². The lowest BCUT2D eigenvalue weighted by Crippen LogP contribution is -2.18. The third-order valence-corrected chi connectivity index (χ3v) is 4.64. The first-order valence-corrected chi connectivity index (χ1v) is 6.60. The molecule has 0 aliphatic heterocycles. The van der Waals surface area contributed by atoms with Crippen LogP contribution in [0.4, 0.5) is 11.4 Å². The summed E-state index contributed by atoms with van der Waals surface area (Å²) < 4.78 is 0.439. The van der Waals surface area contributed by atoms with Gasteiger partial charge in [0.2, 0.25) is 0 Å². The molecule has 0 bridgehead atoms. The van der Waals surface area contributed by atoms with Gasteiger partial charge < -0.3 is 11.1 Å². The predicted molar refractivity (Wildman–Crippen MR) is 69.8 cm³/mol. The monoisotopic (exact) mass is 242 g/mol. The molecule has 1 fully saturated rings. The van der Waals surface area contributed by atoms with Gasteiger partial charge in [0.25, 0.3) is 0 Å². The highest BCUT2D eigenvalue weighted by Gasteiger charge is 2.41. The Bertz CT molecular complexity index is 364. The van der Waals surface area contributed by atoms with Gasteiger partial charge in [-0.15, -0.1) is 0 Å². The maximum absolute atomic E-state index is 5.94. The maximum atomic E-state index is 5.94. The molecular weight excluding hydrogens is 228 g/mol. The summed E-state index contributed by atoms with van der Waals surface area (Å²) in [6, 6.07) is 5.70. The summed E-state index contributed by atoms with van der Waals surface area (Å²) >= 11 is 7.87. The second-order valence-electron chi connectivity index (χ2n) is 3.94. The van der Waals surface area contributed by atoms with Crippen LogP contribution in [0.25, 0.3) is 0 Å². The van der Waals surface area contributed by atoms with Crippen LogP contribution >= 0.6 is 23.4 Å². The van der Waals surface area contributed by atoms with E-state index in [2.05, 4.69) is 11.6 Å². The molecule has 0 saturated heterocycles. The summed E-state index contributed by atoms with van der Waals surface area (Å²) in [5.74, 6) is 0. The minimum atomic E-state index is 0.439. The quantitative estimate of drug-likeness (QED) is 0.797. The van der Waals surface area contributed by atoms with E-state index in [1.54, 1.807) is 0 Å². The molecule has 82 valence electrons. The lowest BCUT2D eigenvalue weighted by Gasteiger charge is -2.15. The average Bonchev–Trinajstić information content (AvgIpc) is 3.01. The maximum Gasteiger partial charge on any atom is 0.0739 e. The van der Waals surface area contributed by atoms with Crippen LogP contribution in [0.15, 0.2) is 18.2 Å². The van der Waals surface area contributed by atoms with E-state index in [-0.39, 0.29) is 0 Å². The highest BCUT2D eigenvalue weighted by molar-refractivity contribution is 8.00. The van der Waals surface area contributed by atoms with E-state index < -0.39 is 0 Å². The highest BCUT2D eigenvalue weighted by Crippen LogP contribution is 2.47. The zero-order valence-corrected chi connectivity index (χ0v) is 10.3. The van der Waals surface area contributed by atoms with Gasteiger partial charge in [-0.1, -0.05) is 17.7 Å². The van der Waals surface area contributed by atoms with Crippen LogP contribution in [0.5, 0.6) is 0 Å². The van der Waals surface area contributed by atoms with E-state index in [0.29, 0.717) is 15.5 Å². The van der Waals surface area contributed by atoms with Gasteiger partial charge in [-0.05, 0) is 31.2 Å². The minimum Gasteiger partial charge on any atom is -0.396 e. The SMILES string of the molecule is CSC1(CNc2cccc(Cl)c2N)CC1. The molecule has 0 aromatic heterocycles. The number of nitrogens with one attached hydrogen (secondary N) is 1. The molecule has 1 aliphatic rings. The Morgan fingerprint density at radius 2 is 2.27 bits per heavy atom. The van der Waals surface area contributed by atoms with Crippen LogP contribution in [0.2, 0.25) is 5.02 Å². The Morgan fingerprint density at radius 3 is 2.87 bits per heavy atom. The van der Waals surface area contributed by atoms with Crippen LogP contribution < -0.4 is 11.1 Å². The third kappa shape index (κ3) is 2.34. The zero-order chi connectivity index (χ0) is 10.9. The Labute approximate surface area is 99.6 Å². The molecule has 0 amide bonds. The summed E-state index contributed by atoms with van der Waals surface area (Å²) in [6.07, 6.45) is 4.75. The fraction of sp³-hybridized carbons (Fsp3) is 0.455. The highest BCUT2D eigenvalue weighted by atomic mass is 35.5. The normalized spacial score (nSPS) is 17.5. The fourth-order valence-electron chi connectivity index (χ4n) is 1.54. The van der Waals surface area contributed by atoms with Gasteiger partial charge in [0.1, 0.15) is 0 Å². The van der Waals surface area contributed by atoms with Gasteiger partial charge >= 0.3 is 0 Å². The van der Waals surface area contributed by atoms with Crippen LogP contribution in [0.1, 0.15) is 12.8 Å². The molecule has 1 saturated carbocycles. The average molecular weight is 243 g/mol. The molecule has 2 nitrogen and oxygen atoms in total. The number of nitrogens with two attached hydrogens (primary N) is 1. The van der Waals surface area contributed by atoms with Crippen LogP contribution in [0.3, 0.4) is 0 Å². The van der Waals surface area contributed by atoms with Crippen molar-refractivity contribution in [3.05, 3.63) is 23.2 Å². The molecule has 3 N–H and O–H groups in total. The van der Waals surface area contributed by atoms with Crippen molar-refractivity contribution in [2.24, 2.45) is 0 Å². The number of hydrogen-bond acceptors (Lipinski definition) is 3. The molecular formula is C11H15ClN2S. The molecule has 2 rings (SSSR count). The topological polar surface area (TPSA) is 38.0 Å². The van der Waals surface area contributed by atoms with Gasteiger partial charge in [-0.2, -0.15) is 11.8 Å². The van der Waals surface area contributed by atoms with Crippen LogP contribution in [-0.2, 0) is 0 Å². The number of para-hydroxylation sites is 1. The Balaban J connectivity index is 2.02. The molecule has 0 unspecified atom stereocenters. The van der Waals surface area contributed by atoms with Crippen molar-refractivity contribution in [3.63, 3.8) is 0 Å². The second kappa shape index (κ2) is 4.14. The molecule has 1 aromatic carbocycles. The lowest BCUT2D eigenvalue weighted by molar-refractivity contribution is 0.950. The van der Waals surface area contributed by atoms with Gasteiger partial charge in [0, 0.05) is 11.3 Å². The first-order valence-electron chi connectivity index (χ1n) is 5.00. The Kier molecular flexibility index (Phi) is 3.03. The Morgan fingerprint density at radius 1 is 1.53 bits per heavy atom. The molecule has 15 heavy (non-hydrogen) atoms. The van der Waals surface area contributed by atoms with Gasteiger partial charge in [0.15, 0.2) is 0 Å². The van der Waals surface area contributed by atoms with E-state index in [1.807, 2.05) is 30.0 Å². The van der Waals surface area contributed by atoms with Crippen molar-refractivity contribution >= 4 is 34.7 Å². The summed E-state index contributed by atoms with van der Waals surface area (Å²) in [4.78, 5) is 0. The van der Waals surface area contributed by atoms with E-state index in [0.717, 1.165) is 12.2 Å². The molecule has 0 spiro atoms. The van der Waals surface area contributed by atoms with E-state index in [9.17, 15) is 0 Å². The first-order chi connectivity index (χ1) is 7.17. The van der Waals surface area contributed by atoms with Crippen molar-refractivity contribution < 1.29 is 0 Å². The van der Waals surface area contributed by atoms with E-state index >= 15 is 0 Å². The molecule has 4 heteroatoms. The summed E-state index contributed by atoms with van der Waals surface area (Å²) in [7, 11) is 0. The zero-order valence-electron chi connectivity index (χ0n) is 8.72. The van der Waals surface area contributed by atoms with Crippen molar-refractivity contribution in [2.45, 2.75) is 17.6 Å². The fourth-order valence-corrected chi connectivity index (χ4v) is 2.44. The van der Waals surface area contributed by atoms with Gasteiger partial charge in [0.05, 0.1) is 16.4 Å². The molecule has 1 aromatic rings. The first kappa shape index (κ1) is 11.0. The third-order valence-electron chi connectivity index (χ3n) is 2.89. The van der Waals surface area contributed by atoms with E-state index in [1.165, 1.54) is 12.8 Å². The number of halogens is 1. The molecule has 0 heterocycles. The number of anilines is 2. The second-order valence-corrected chi connectivity index (χ2v) is 5.62. The Hall–Kier alpha value is -0.540. The lowest BCUT2D eigenvalue weighted by atomic mass is 10.2. The standard InChI is InChI=1S/C11H15ClN2S/c1-15-11(5-6-11)7-14-9-4-2-3-8(12)10(9)13/h2-4,14H,5-7,13H2,1H3. The smallest absolute Gasteiger partial charge is 0.0739 e. The molecule has 0 atom stereocenters. The summed E-state index contributed by atoms with van der Waals surface area (Å²) in [5, 5.41) is 4.00. The molecule has 0 radical (unpaired) electrons. The van der Waals surface area contributed by atoms with Crippen LogP contribution in [-0.4, -0.2) is 17.5 Å². The number of benzene rings is 1. The summed E-state index contributed by atoms with van der Waals surface area (Å²) in [5.41, 5.74) is 7.47. The van der Waals surface area contributed by atoms with Crippen molar-refractivity contribution in [3.8, 4) is 0 Å². The number of nitrogen functional groups attached to an aromatic ring is 1. The van der Waals surface area contributed by atoms with Crippen molar-refractivity contribution in [1.82, 2.24) is 0 Å². The van der Waals surface area contributed by atoms with E-state index in [4.69, 9.17) is 17.3 Å². The number of thioether (sulfide) groups is 1.